The molecule has 3 aromatic carbocycles. The Morgan fingerprint density at radius 1 is 1.00 bits per heavy atom. The van der Waals surface area contributed by atoms with Gasteiger partial charge in [0.05, 0.1) is 27.0 Å². The van der Waals surface area contributed by atoms with E-state index in [4.69, 9.17) is 11.6 Å². The molecule has 0 saturated heterocycles. The normalized spacial score (nSPS) is 11.8. The van der Waals surface area contributed by atoms with Gasteiger partial charge in [0, 0.05) is 17.5 Å². The van der Waals surface area contributed by atoms with Crippen molar-refractivity contribution < 1.29 is 17.6 Å². The van der Waals surface area contributed by atoms with Gasteiger partial charge >= 0.3 is 5.69 Å². The molecule has 0 unspecified atom stereocenters. The highest BCUT2D eigenvalue weighted by Crippen LogP contribution is 2.30. The summed E-state index contributed by atoms with van der Waals surface area (Å²) >= 11 is 6.18. The van der Waals surface area contributed by atoms with Crippen molar-refractivity contribution in [3.05, 3.63) is 104 Å². The molecule has 182 valence electrons. The lowest BCUT2D eigenvalue weighted by Gasteiger charge is -2.11. The third-order valence-corrected chi connectivity index (χ3v) is 7.28. The molecule has 0 aliphatic carbocycles. The second-order valence-corrected chi connectivity index (χ2v) is 10.0. The number of fused-ring (bicyclic) bond motifs is 2. The number of hydrogen-bond donors (Lipinski definition) is 2. The summed E-state index contributed by atoms with van der Waals surface area (Å²) in [6, 6.07) is 15.0. The molecule has 36 heavy (non-hydrogen) atoms. The molecule has 2 N–H and O–H groups in total. The van der Waals surface area contributed by atoms with Crippen LogP contribution in [-0.4, -0.2) is 28.4 Å². The molecule has 0 radical (unpaired) electrons. The number of nitrogens with zero attached hydrogens (tertiary/aromatic N) is 2. The average molecular weight is 527 g/mol. The first-order chi connectivity index (χ1) is 17.1. The fourth-order valence-electron chi connectivity index (χ4n) is 4.11. The summed E-state index contributed by atoms with van der Waals surface area (Å²) in [6.07, 6.45) is 0. The molecule has 5 aromatic rings. The maximum Gasteiger partial charge on any atom is 0.333 e. The van der Waals surface area contributed by atoms with Crippen LogP contribution < -0.4 is 16.0 Å². The number of benzene rings is 3. The number of H-pyrrole nitrogens is 1. The van der Waals surface area contributed by atoms with E-state index in [0.717, 1.165) is 22.8 Å². The zero-order chi connectivity index (χ0) is 25.8. The molecule has 0 bridgehead atoms. The molecule has 0 spiro atoms. The number of carbonyl (C=O) groups is 1. The van der Waals surface area contributed by atoms with Crippen LogP contribution in [0, 0.1) is 5.82 Å². The van der Waals surface area contributed by atoms with E-state index in [1.807, 2.05) is 4.72 Å². The number of aryl methyl sites for hydroxylation is 1. The molecule has 12 heteroatoms. The Bertz CT molecular complexity index is 1940. The molecule has 0 aliphatic heterocycles. The van der Waals surface area contributed by atoms with Crippen molar-refractivity contribution in [3.8, 4) is 5.69 Å². The molecule has 0 fully saturated rings. The minimum atomic E-state index is -4.50. The van der Waals surface area contributed by atoms with Gasteiger partial charge in [-0.3, -0.25) is 9.59 Å². The van der Waals surface area contributed by atoms with E-state index < -0.39 is 37.9 Å². The Morgan fingerprint density at radius 2 is 1.75 bits per heavy atom. The van der Waals surface area contributed by atoms with Gasteiger partial charge in [-0.25, -0.2) is 26.9 Å². The van der Waals surface area contributed by atoms with Crippen molar-refractivity contribution in [1.29, 1.82) is 0 Å². The standard InChI is InChI=1S/C24H16ClFN4O5S/c1-29-19-10-9-13(25)11-17(19)20(30-23(32)16-7-2-3-8-18(16)27-24(30)33)21(29)22(31)28-36(34,35)15-6-4-5-14(26)12-15/h2-12H,1H3,(H,27,33)(H,28,31). The monoisotopic (exact) mass is 526 g/mol. The van der Waals surface area contributed by atoms with E-state index in [9.17, 15) is 27.2 Å². The summed E-state index contributed by atoms with van der Waals surface area (Å²) in [5, 5.41) is 0.704. The zero-order valence-electron chi connectivity index (χ0n) is 18.5. The molecule has 0 saturated carbocycles. The Balaban J connectivity index is 1.79. The topological polar surface area (TPSA) is 123 Å². The van der Waals surface area contributed by atoms with E-state index in [-0.39, 0.29) is 27.2 Å². The van der Waals surface area contributed by atoms with E-state index in [2.05, 4.69) is 4.98 Å². The van der Waals surface area contributed by atoms with Gasteiger partial charge in [-0.1, -0.05) is 29.8 Å². The van der Waals surface area contributed by atoms with E-state index in [1.54, 1.807) is 30.3 Å². The van der Waals surface area contributed by atoms with Crippen molar-refractivity contribution in [2.24, 2.45) is 7.05 Å². The molecule has 5 rings (SSSR count). The number of halogens is 2. The van der Waals surface area contributed by atoms with Gasteiger partial charge in [0.1, 0.15) is 11.5 Å². The average Bonchev–Trinajstić information content (AvgIpc) is 3.10. The Labute approximate surface area is 207 Å². The van der Waals surface area contributed by atoms with Crippen LogP contribution in [0.1, 0.15) is 10.5 Å². The number of sulfonamides is 1. The quantitative estimate of drug-likeness (QED) is 0.372. The number of carbonyl (C=O) groups excluding carboxylic acids is 1. The Hall–Kier alpha value is -4.22. The predicted octanol–water partition coefficient (Wildman–Crippen LogP) is 3.08. The van der Waals surface area contributed by atoms with E-state index >= 15 is 0 Å². The van der Waals surface area contributed by atoms with Gasteiger partial charge in [0.25, 0.3) is 21.5 Å². The lowest BCUT2D eigenvalue weighted by atomic mass is 10.2. The van der Waals surface area contributed by atoms with Crippen LogP contribution >= 0.6 is 11.6 Å². The highest BCUT2D eigenvalue weighted by atomic mass is 35.5. The summed E-state index contributed by atoms with van der Waals surface area (Å²) in [4.78, 5) is 42.0. The largest absolute Gasteiger partial charge is 0.338 e. The zero-order valence-corrected chi connectivity index (χ0v) is 20.0. The van der Waals surface area contributed by atoms with Gasteiger partial charge in [0.2, 0.25) is 0 Å². The number of hydrogen-bond acceptors (Lipinski definition) is 5. The van der Waals surface area contributed by atoms with Crippen LogP contribution in [0.3, 0.4) is 0 Å². The maximum absolute atomic E-state index is 13.6. The van der Waals surface area contributed by atoms with Crippen LogP contribution in [0.5, 0.6) is 0 Å². The third-order valence-electron chi connectivity index (χ3n) is 5.71. The molecule has 0 atom stereocenters. The number of para-hydroxylation sites is 1. The maximum atomic E-state index is 13.6. The first kappa shape index (κ1) is 23.5. The van der Waals surface area contributed by atoms with Crippen molar-refractivity contribution >= 4 is 49.3 Å². The SMILES string of the molecule is Cn1c(C(=O)NS(=O)(=O)c2cccc(F)c2)c(-n2c(=O)[nH]c3ccccc3c2=O)c2cc(Cl)ccc21. The summed E-state index contributed by atoms with van der Waals surface area (Å²) in [6.45, 7) is 0. The molecule has 1 amide bonds. The molecule has 2 heterocycles. The number of amides is 1. The van der Waals surface area contributed by atoms with Crippen LogP contribution in [0.25, 0.3) is 27.5 Å². The first-order valence-corrected chi connectivity index (χ1v) is 12.3. The van der Waals surface area contributed by atoms with Gasteiger partial charge < -0.3 is 9.55 Å². The predicted molar refractivity (Wildman–Crippen MR) is 133 cm³/mol. The van der Waals surface area contributed by atoms with E-state index in [0.29, 0.717) is 11.0 Å². The molecule has 0 aliphatic rings. The molecular weight excluding hydrogens is 511 g/mol. The van der Waals surface area contributed by atoms with Crippen LogP contribution in [0.4, 0.5) is 4.39 Å². The van der Waals surface area contributed by atoms with Crippen molar-refractivity contribution in [2.45, 2.75) is 4.90 Å². The molecule has 9 nitrogen and oxygen atoms in total. The second-order valence-electron chi connectivity index (χ2n) is 7.93. The van der Waals surface area contributed by atoms with E-state index in [1.165, 1.54) is 29.8 Å². The number of nitrogens with one attached hydrogen (secondary N) is 2. The Morgan fingerprint density at radius 3 is 2.50 bits per heavy atom. The van der Waals surface area contributed by atoms with Gasteiger partial charge in [-0.2, -0.15) is 0 Å². The van der Waals surface area contributed by atoms with Gasteiger partial charge in [-0.05, 0) is 48.5 Å². The number of aromatic nitrogens is 3. The fraction of sp³-hybridized carbons (Fsp3) is 0.0417. The lowest BCUT2D eigenvalue weighted by Crippen LogP contribution is -2.37. The first-order valence-electron chi connectivity index (χ1n) is 10.4. The van der Waals surface area contributed by atoms with Crippen molar-refractivity contribution in [1.82, 2.24) is 18.8 Å². The summed E-state index contributed by atoms with van der Waals surface area (Å²) < 4.78 is 43.3. The van der Waals surface area contributed by atoms with Crippen molar-refractivity contribution in [3.63, 3.8) is 0 Å². The summed E-state index contributed by atoms with van der Waals surface area (Å²) in [5.41, 5.74) is -1.31. The van der Waals surface area contributed by atoms with Crippen LogP contribution in [0.2, 0.25) is 5.02 Å². The number of rotatable bonds is 4. The highest BCUT2D eigenvalue weighted by Gasteiger charge is 2.29. The minimum Gasteiger partial charge on any atom is -0.338 e. The van der Waals surface area contributed by atoms with Crippen LogP contribution in [0.15, 0.2) is 81.2 Å². The third kappa shape index (κ3) is 3.78. The Kier molecular flexibility index (Phi) is 5.53. The highest BCUT2D eigenvalue weighted by molar-refractivity contribution is 7.90. The second kappa shape index (κ2) is 8.47. The van der Waals surface area contributed by atoms with Crippen LogP contribution in [-0.2, 0) is 17.1 Å². The summed E-state index contributed by atoms with van der Waals surface area (Å²) in [7, 11) is -3.02. The molecule has 2 aromatic heterocycles. The fourth-order valence-corrected chi connectivity index (χ4v) is 5.27. The van der Waals surface area contributed by atoms with Crippen molar-refractivity contribution in [2.75, 3.05) is 0 Å². The number of aromatic amines is 1. The minimum absolute atomic E-state index is 0.154. The van der Waals surface area contributed by atoms with Gasteiger partial charge in [-0.15, -0.1) is 0 Å². The lowest BCUT2D eigenvalue weighted by molar-refractivity contribution is 0.0974. The molecular formula is C24H16ClFN4O5S. The van der Waals surface area contributed by atoms with Gasteiger partial charge in [0.15, 0.2) is 0 Å². The smallest absolute Gasteiger partial charge is 0.333 e. The summed E-state index contributed by atoms with van der Waals surface area (Å²) in [5.74, 6) is -1.94.